The number of amides is 1. The molecule has 1 aliphatic rings. The fourth-order valence-corrected chi connectivity index (χ4v) is 4.15. The number of benzene rings is 2. The summed E-state index contributed by atoms with van der Waals surface area (Å²) in [7, 11) is 0. The van der Waals surface area contributed by atoms with Gasteiger partial charge in [0.1, 0.15) is 0 Å². The standard InChI is InChI=1S/C22H26N4O3/c1-5-25-20-11-6-16(12-19(20)15(2)13-22(25,3)4)14-23-24-21(27)17-7-9-18(10-8-17)26(28)29/h6-12,14-15H,5,13H2,1-4H3,(H,24,27)/b23-14-/t15-/m1/s1. The average Bonchev–Trinajstić information content (AvgIpc) is 2.68. The van der Waals surface area contributed by atoms with Crippen LogP contribution in [0.25, 0.3) is 0 Å². The van der Waals surface area contributed by atoms with E-state index < -0.39 is 10.8 Å². The number of nitrogens with one attached hydrogen (secondary N) is 1. The number of carbonyl (C=O) groups excluding carboxylic acids is 1. The first kappa shape index (κ1) is 20.5. The molecule has 7 nitrogen and oxygen atoms in total. The van der Waals surface area contributed by atoms with Gasteiger partial charge in [0.05, 0.1) is 11.1 Å². The quantitative estimate of drug-likeness (QED) is 0.460. The van der Waals surface area contributed by atoms with Gasteiger partial charge in [-0.3, -0.25) is 14.9 Å². The van der Waals surface area contributed by atoms with Gasteiger partial charge in [0, 0.05) is 35.5 Å². The van der Waals surface area contributed by atoms with Crippen LogP contribution < -0.4 is 10.3 Å². The largest absolute Gasteiger partial charge is 0.366 e. The molecule has 152 valence electrons. The number of hydrogen-bond acceptors (Lipinski definition) is 5. The molecule has 0 saturated carbocycles. The molecule has 7 heteroatoms. The molecule has 0 unspecified atom stereocenters. The maximum absolute atomic E-state index is 12.2. The van der Waals surface area contributed by atoms with Gasteiger partial charge in [0.2, 0.25) is 0 Å². The number of nitro benzene ring substituents is 1. The molecule has 0 aliphatic carbocycles. The predicted octanol–water partition coefficient (Wildman–Crippen LogP) is 4.47. The second-order valence-electron chi connectivity index (χ2n) is 7.98. The molecule has 0 radical (unpaired) electrons. The molecule has 1 atom stereocenters. The molecule has 1 aliphatic heterocycles. The van der Waals surface area contributed by atoms with Crippen molar-refractivity contribution in [3.63, 3.8) is 0 Å². The Balaban J connectivity index is 1.72. The van der Waals surface area contributed by atoms with Crippen molar-refractivity contribution in [2.75, 3.05) is 11.4 Å². The number of carbonyl (C=O) groups is 1. The number of hydrogen-bond donors (Lipinski definition) is 1. The van der Waals surface area contributed by atoms with Gasteiger partial charge in [0.25, 0.3) is 11.6 Å². The average molecular weight is 394 g/mol. The lowest BCUT2D eigenvalue weighted by molar-refractivity contribution is -0.384. The highest BCUT2D eigenvalue weighted by Gasteiger charge is 2.35. The summed E-state index contributed by atoms with van der Waals surface area (Å²) in [6, 6.07) is 11.6. The fraction of sp³-hybridized carbons (Fsp3) is 0.364. The molecule has 2 aromatic carbocycles. The van der Waals surface area contributed by atoms with E-state index in [2.05, 4.69) is 55.3 Å². The van der Waals surface area contributed by atoms with Crippen molar-refractivity contribution >= 4 is 23.5 Å². The van der Waals surface area contributed by atoms with Crippen molar-refractivity contribution in [2.24, 2.45) is 5.10 Å². The smallest absolute Gasteiger partial charge is 0.271 e. The van der Waals surface area contributed by atoms with Crippen molar-refractivity contribution in [2.45, 2.75) is 45.6 Å². The Kier molecular flexibility index (Phi) is 5.68. The van der Waals surface area contributed by atoms with E-state index >= 15 is 0 Å². The Bertz CT molecular complexity index is 951. The van der Waals surface area contributed by atoms with Gasteiger partial charge in [0.15, 0.2) is 0 Å². The normalized spacial score (nSPS) is 17.8. The zero-order chi connectivity index (χ0) is 21.2. The number of rotatable bonds is 5. The van der Waals surface area contributed by atoms with Gasteiger partial charge in [-0.1, -0.05) is 13.0 Å². The second-order valence-corrected chi connectivity index (χ2v) is 7.98. The molecular weight excluding hydrogens is 368 g/mol. The first-order valence-corrected chi connectivity index (χ1v) is 9.72. The Morgan fingerprint density at radius 1 is 1.31 bits per heavy atom. The summed E-state index contributed by atoms with van der Waals surface area (Å²) in [4.78, 5) is 24.8. The summed E-state index contributed by atoms with van der Waals surface area (Å²) >= 11 is 0. The molecule has 0 spiro atoms. The molecule has 0 bridgehead atoms. The van der Waals surface area contributed by atoms with Gasteiger partial charge in [-0.2, -0.15) is 5.10 Å². The van der Waals surface area contributed by atoms with E-state index in [1.54, 1.807) is 6.21 Å². The topological polar surface area (TPSA) is 87.8 Å². The van der Waals surface area contributed by atoms with E-state index in [-0.39, 0.29) is 11.2 Å². The van der Waals surface area contributed by atoms with Crippen molar-refractivity contribution in [3.05, 3.63) is 69.3 Å². The number of fused-ring (bicyclic) bond motifs is 1. The second kappa shape index (κ2) is 8.03. The molecule has 0 aromatic heterocycles. The van der Waals surface area contributed by atoms with Crippen LogP contribution in [0.1, 0.15) is 61.5 Å². The highest BCUT2D eigenvalue weighted by Crippen LogP contribution is 2.43. The zero-order valence-corrected chi connectivity index (χ0v) is 17.2. The van der Waals surface area contributed by atoms with E-state index in [4.69, 9.17) is 0 Å². The molecule has 1 amide bonds. The van der Waals surface area contributed by atoms with Crippen LogP contribution in [0.5, 0.6) is 0 Å². The summed E-state index contributed by atoms with van der Waals surface area (Å²) in [6.07, 6.45) is 2.69. The minimum Gasteiger partial charge on any atom is -0.366 e. The first-order valence-electron chi connectivity index (χ1n) is 9.72. The molecule has 3 rings (SSSR count). The van der Waals surface area contributed by atoms with Crippen molar-refractivity contribution in [1.82, 2.24) is 5.43 Å². The summed E-state index contributed by atoms with van der Waals surface area (Å²) in [5.41, 5.74) is 6.30. The zero-order valence-electron chi connectivity index (χ0n) is 17.2. The molecule has 0 saturated heterocycles. The van der Waals surface area contributed by atoms with E-state index in [1.807, 2.05) is 6.07 Å². The highest BCUT2D eigenvalue weighted by atomic mass is 16.6. The van der Waals surface area contributed by atoms with Gasteiger partial charge in [-0.25, -0.2) is 5.43 Å². The van der Waals surface area contributed by atoms with Crippen LogP contribution in [0, 0.1) is 10.1 Å². The predicted molar refractivity (Wildman–Crippen MR) is 115 cm³/mol. The Morgan fingerprint density at radius 2 is 2.00 bits per heavy atom. The number of nitro groups is 1. The van der Waals surface area contributed by atoms with Crippen LogP contribution in [0.3, 0.4) is 0 Å². The van der Waals surface area contributed by atoms with Crippen LogP contribution in [0.15, 0.2) is 47.6 Å². The van der Waals surface area contributed by atoms with E-state index in [0.717, 1.165) is 18.5 Å². The van der Waals surface area contributed by atoms with E-state index in [0.29, 0.717) is 11.5 Å². The molecule has 0 fully saturated rings. The fourth-order valence-electron chi connectivity index (χ4n) is 4.15. The molecule has 1 N–H and O–H groups in total. The van der Waals surface area contributed by atoms with Crippen LogP contribution in [-0.2, 0) is 0 Å². The SMILES string of the molecule is CCN1c2ccc(/C=N\NC(=O)c3ccc([N+](=O)[O-])cc3)cc2[C@H](C)CC1(C)C. The van der Waals surface area contributed by atoms with Crippen LogP contribution in [0.4, 0.5) is 11.4 Å². The maximum atomic E-state index is 12.2. The summed E-state index contributed by atoms with van der Waals surface area (Å²) in [5.74, 6) is 0.0206. The van der Waals surface area contributed by atoms with Gasteiger partial charge < -0.3 is 4.90 Å². The lowest BCUT2D eigenvalue weighted by atomic mass is 9.79. The van der Waals surface area contributed by atoms with Crippen LogP contribution >= 0.6 is 0 Å². The lowest BCUT2D eigenvalue weighted by Gasteiger charge is -2.47. The summed E-state index contributed by atoms with van der Waals surface area (Å²) < 4.78 is 0. The first-order chi connectivity index (χ1) is 13.7. The molecule has 29 heavy (non-hydrogen) atoms. The van der Waals surface area contributed by atoms with Crippen LogP contribution in [0.2, 0.25) is 0 Å². The number of hydrazone groups is 1. The number of non-ortho nitro benzene ring substituents is 1. The lowest BCUT2D eigenvalue weighted by Crippen LogP contribution is -2.48. The minimum atomic E-state index is -0.502. The third-order valence-electron chi connectivity index (χ3n) is 5.45. The van der Waals surface area contributed by atoms with Gasteiger partial charge >= 0.3 is 0 Å². The summed E-state index contributed by atoms with van der Waals surface area (Å²) in [5, 5.41) is 14.7. The van der Waals surface area contributed by atoms with Gasteiger partial charge in [-0.15, -0.1) is 0 Å². The van der Waals surface area contributed by atoms with Crippen molar-refractivity contribution in [1.29, 1.82) is 0 Å². The van der Waals surface area contributed by atoms with Gasteiger partial charge in [-0.05, 0) is 68.5 Å². The number of nitrogens with zero attached hydrogens (tertiary/aromatic N) is 3. The third kappa shape index (κ3) is 4.29. The highest BCUT2D eigenvalue weighted by molar-refractivity contribution is 5.95. The Hall–Kier alpha value is -3.22. The van der Waals surface area contributed by atoms with E-state index in [9.17, 15) is 14.9 Å². The number of anilines is 1. The molecule has 2 aromatic rings. The molecular formula is C22H26N4O3. The van der Waals surface area contributed by atoms with Crippen LogP contribution in [-0.4, -0.2) is 29.1 Å². The summed E-state index contributed by atoms with van der Waals surface area (Å²) in [6.45, 7) is 9.92. The Labute approximate surface area is 170 Å². The Morgan fingerprint density at radius 3 is 2.62 bits per heavy atom. The maximum Gasteiger partial charge on any atom is 0.271 e. The van der Waals surface area contributed by atoms with E-state index in [1.165, 1.54) is 35.5 Å². The monoisotopic (exact) mass is 394 g/mol. The van der Waals surface area contributed by atoms with Crippen molar-refractivity contribution < 1.29 is 9.72 Å². The van der Waals surface area contributed by atoms with Crippen molar-refractivity contribution in [3.8, 4) is 0 Å². The third-order valence-corrected chi connectivity index (χ3v) is 5.45. The molecule has 1 heterocycles. The minimum absolute atomic E-state index is 0.0578.